The Balaban J connectivity index is 2.23. The third-order valence-electron chi connectivity index (χ3n) is 3.54. The lowest BCUT2D eigenvalue weighted by Gasteiger charge is -2.15. The summed E-state index contributed by atoms with van der Waals surface area (Å²) in [4.78, 5) is 0.307. The molecular weight excluding hydrogens is 288 g/mol. The normalized spacial score (nSPS) is 18.1. The van der Waals surface area contributed by atoms with Gasteiger partial charge in [0.05, 0.1) is 4.90 Å². The Labute approximate surface area is 126 Å². The minimum Gasteiger partial charge on any atom is -0.290 e. The molecule has 5 nitrogen and oxygen atoms in total. The quantitative estimate of drug-likeness (QED) is 0.402. The van der Waals surface area contributed by atoms with E-state index in [-0.39, 0.29) is 0 Å². The van der Waals surface area contributed by atoms with E-state index in [4.69, 9.17) is 0 Å². The molecule has 1 fully saturated rings. The second-order valence-corrected chi connectivity index (χ2v) is 8.26. The van der Waals surface area contributed by atoms with E-state index in [0.717, 1.165) is 23.1 Å². The van der Waals surface area contributed by atoms with Crippen LogP contribution in [0.1, 0.15) is 39.2 Å². The van der Waals surface area contributed by atoms with Crippen molar-refractivity contribution >= 4 is 16.2 Å². The minimum atomic E-state index is -3.37. The van der Waals surface area contributed by atoms with E-state index < -0.39 is 15.6 Å². The lowest BCUT2D eigenvalue weighted by molar-refractivity contribution is -0.816. The zero-order valence-corrected chi connectivity index (χ0v) is 13.6. The van der Waals surface area contributed by atoms with Crippen LogP contribution in [-0.2, 0) is 10.0 Å². The van der Waals surface area contributed by atoms with Crippen molar-refractivity contribution in [2.75, 3.05) is 13.1 Å². The first-order chi connectivity index (χ1) is 9.71. The van der Waals surface area contributed by atoms with Gasteiger partial charge >= 0.3 is 0 Å². The highest BCUT2D eigenvalue weighted by Crippen LogP contribution is 2.20. The van der Waals surface area contributed by atoms with Gasteiger partial charge in [0.2, 0.25) is 21.8 Å². The molecule has 1 aliphatic heterocycles. The molecule has 0 unspecified atom stereocenters. The molecule has 0 amide bonds. The first kappa shape index (κ1) is 16.0. The van der Waals surface area contributed by atoms with Crippen molar-refractivity contribution in [2.45, 2.75) is 44.0 Å². The monoisotopic (exact) mass is 311 g/mol. The van der Waals surface area contributed by atoms with Crippen LogP contribution in [-0.4, -0.2) is 47.5 Å². The highest BCUT2D eigenvalue weighted by atomic mass is 32.2. The Morgan fingerprint density at radius 3 is 2.14 bits per heavy atom. The predicted octanol–water partition coefficient (Wildman–Crippen LogP) is 2.09. The molecule has 0 atom stereocenters. The van der Waals surface area contributed by atoms with Gasteiger partial charge in [-0.1, -0.05) is 0 Å². The number of hydroxylamine groups is 1. The molecule has 0 saturated carbocycles. The first-order valence-electron chi connectivity index (χ1n) is 7.14. The number of hydrogen-bond acceptors (Lipinski definition) is 3. The summed E-state index contributed by atoms with van der Waals surface area (Å²) >= 11 is 0. The molecule has 21 heavy (non-hydrogen) atoms. The molecule has 1 heterocycles. The molecule has 0 aliphatic carbocycles. The Bertz CT molecular complexity index is 622. The van der Waals surface area contributed by atoms with Crippen molar-refractivity contribution in [3.8, 4) is 0 Å². The molecule has 116 valence electrons. The summed E-state index contributed by atoms with van der Waals surface area (Å²) in [7, 11) is -3.37. The van der Waals surface area contributed by atoms with E-state index >= 15 is 0 Å². The van der Waals surface area contributed by atoms with Gasteiger partial charge in [-0.15, -0.1) is 0 Å². The van der Waals surface area contributed by atoms with Crippen molar-refractivity contribution in [1.29, 1.82) is 0 Å². The van der Waals surface area contributed by atoms with Gasteiger partial charge in [0.25, 0.3) is 0 Å². The minimum absolute atomic E-state index is 0.307. The number of hydrogen-bond donors (Lipinski definition) is 1. The van der Waals surface area contributed by atoms with Crippen molar-refractivity contribution < 1.29 is 18.4 Å². The van der Waals surface area contributed by atoms with Crippen molar-refractivity contribution in [2.24, 2.45) is 0 Å². The van der Waals surface area contributed by atoms with Gasteiger partial charge in [0.1, 0.15) is 0 Å². The van der Waals surface area contributed by atoms with Gasteiger partial charge < -0.3 is 0 Å². The standard InChI is InChI=1S/C15H23N2O3S/c1-15(2,3)17(18)12-13-6-8-14(9-7-13)21(19,20)16-10-4-5-11-16/h6-9,12,18H,4-5,10-11H2,1-3H3/q+1/b17-12-. The van der Waals surface area contributed by atoms with Gasteiger partial charge in [-0.05, 0) is 41.8 Å². The van der Waals surface area contributed by atoms with Gasteiger partial charge in [0.15, 0.2) is 0 Å². The first-order valence-corrected chi connectivity index (χ1v) is 8.58. The smallest absolute Gasteiger partial charge is 0.243 e. The average Bonchev–Trinajstić information content (AvgIpc) is 2.92. The van der Waals surface area contributed by atoms with Crippen molar-refractivity contribution in [3.63, 3.8) is 0 Å². The molecule has 0 radical (unpaired) electrons. The van der Waals surface area contributed by atoms with E-state index in [1.54, 1.807) is 30.5 Å². The Kier molecular flexibility index (Phi) is 4.39. The topological polar surface area (TPSA) is 60.6 Å². The largest absolute Gasteiger partial charge is 0.290 e. The maximum atomic E-state index is 12.4. The SMILES string of the molecule is CC(C)(C)/[N+](O)=C/c1ccc(S(=O)(=O)N2CCCC2)cc1. The average molecular weight is 311 g/mol. The van der Waals surface area contributed by atoms with Crippen LogP contribution in [0.3, 0.4) is 0 Å². The Morgan fingerprint density at radius 2 is 1.67 bits per heavy atom. The van der Waals surface area contributed by atoms with Crippen LogP contribution in [0.25, 0.3) is 0 Å². The van der Waals surface area contributed by atoms with Gasteiger partial charge in [-0.3, -0.25) is 5.21 Å². The fraction of sp³-hybridized carbons (Fsp3) is 0.533. The third kappa shape index (κ3) is 3.63. The van der Waals surface area contributed by atoms with Crippen LogP contribution < -0.4 is 0 Å². The molecule has 1 saturated heterocycles. The molecule has 6 heteroatoms. The van der Waals surface area contributed by atoms with E-state index in [0.29, 0.717) is 18.0 Å². The molecule has 1 aliphatic rings. The van der Waals surface area contributed by atoms with Crippen LogP contribution in [0, 0.1) is 0 Å². The highest BCUT2D eigenvalue weighted by Gasteiger charge is 2.27. The molecule has 1 aromatic rings. The predicted molar refractivity (Wildman–Crippen MR) is 81.4 cm³/mol. The maximum Gasteiger partial charge on any atom is 0.243 e. The van der Waals surface area contributed by atoms with Crippen LogP contribution in [0.2, 0.25) is 0 Å². The summed E-state index contributed by atoms with van der Waals surface area (Å²) in [5.74, 6) is 0. The molecule has 1 N–H and O–H groups in total. The molecule has 0 bridgehead atoms. The molecule has 0 aromatic heterocycles. The number of rotatable bonds is 3. The summed E-state index contributed by atoms with van der Waals surface area (Å²) in [6.07, 6.45) is 3.44. The fourth-order valence-corrected chi connectivity index (χ4v) is 3.66. The van der Waals surface area contributed by atoms with Gasteiger partial charge in [-0.2, -0.15) is 4.31 Å². The zero-order chi connectivity index (χ0) is 15.7. The second kappa shape index (κ2) is 5.77. The highest BCUT2D eigenvalue weighted by molar-refractivity contribution is 7.89. The molecule has 0 spiro atoms. The van der Waals surface area contributed by atoms with Crippen LogP contribution >= 0.6 is 0 Å². The Hall–Kier alpha value is -1.40. The molecular formula is C15H23N2O3S+. The second-order valence-electron chi connectivity index (χ2n) is 6.32. The van der Waals surface area contributed by atoms with Crippen LogP contribution in [0.5, 0.6) is 0 Å². The summed E-state index contributed by atoms with van der Waals surface area (Å²) in [6.45, 7) is 6.86. The summed E-state index contributed by atoms with van der Waals surface area (Å²) in [5, 5.41) is 9.89. The number of nitrogens with zero attached hydrogens (tertiary/aromatic N) is 2. The van der Waals surface area contributed by atoms with E-state index in [9.17, 15) is 13.6 Å². The van der Waals surface area contributed by atoms with Crippen molar-refractivity contribution in [3.05, 3.63) is 29.8 Å². The van der Waals surface area contributed by atoms with Gasteiger partial charge in [-0.25, -0.2) is 8.42 Å². The number of benzene rings is 1. The van der Waals surface area contributed by atoms with Crippen molar-refractivity contribution in [1.82, 2.24) is 4.31 Å². The zero-order valence-electron chi connectivity index (χ0n) is 12.8. The maximum absolute atomic E-state index is 12.4. The van der Waals surface area contributed by atoms with E-state index in [1.165, 1.54) is 4.31 Å². The van der Waals surface area contributed by atoms with E-state index in [1.807, 2.05) is 20.8 Å². The molecule has 1 aromatic carbocycles. The van der Waals surface area contributed by atoms with Crippen LogP contribution in [0.15, 0.2) is 29.2 Å². The van der Waals surface area contributed by atoms with E-state index in [2.05, 4.69) is 0 Å². The Morgan fingerprint density at radius 1 is 1.14 bits per heavy atom. The summed E-state index contributed by atoms with van der Waals surface area (Å²) in [6, 6.07) is 6.60. The lowest BCUT2D eigenvalue weighted by Crippen LogP contribution is -2.31. The van der Waals surface area contributed by atoms with Gasteiger partial charge in [0, 0.05) is 39.4 Å². The third-order valence-corrected chi connectivity index (χ3v) is 5.45. The molecule has 2 rings (SSSR count). The summed E-state index contributed by atoms with van der Waals surface area (Å²) in [5.41, 5.74) is 0.355. The van der Waals surface area contributed by atoms with Crippen LogP contribution in [0.4, 0.5) is 0 Å². The fourth-order valence-electron chi connectivity index (χ4n) is 2.14. The lowest BCUT2D eigenvalue weighted by atomic mass is 10.1. The number of sulfonamides is 1. The summed E-state index contributed by atoms with van der Waals surface area (Å²) < 4.78 is 27.4.